The molecule has 112 valence electrons. The number of rotatable bonds is 5. The van der Waals surface area contributed by atoms with Crippen molar-refractivity contribution < 1.29 is 0 Å². The van der Waals surface area contributed by atoms with Gasteiger partial charge < -0.3 is 5.73 Å². The SMILES string of the molecule is CN(Cc1nnnn1-c1ccccc1)C1CCCC1CN. The van der Waals surface area contributed by atoms with Gasteiger partial charge in [0.05, 0.1) is 12.2 Å². The van der Waals surface area contributed by atoms with Gasteiger partial charge in [-0.15, -0.1) is 5.10 Å². The maximum absolute atomic E-state index is 5.88. The third-order valence-corrected chi connectivity index (χ3v) is 4.41. The molecule has 1 aromatic carbocycles. The van der Waals surface area contributed by atoms with Gasteiger partial charge in [-0.25, -0.2) is 0 Å². The van der Waals surface area contributed by atoms with Crippen molar-refractivity contribution in [2.24, 2.45) is 11.7 Å². The van der Waals surface area contributed by atoms with Crippen LogP contribution in [0.4, 0.5) is 0 Å². The molecule has 1 fully saturated rings. The minimum Gasteiger partial charge on any atom is -0.330 e. The van der Waals surface area contributed by atoms with Crippen LogP contribution in [0.25, 0.3) is 5.69 Å². The molecule has 0 spiro atoms. The van der Waals surface area contributed by atoms with Crippen LogP contribution in [-0.4, -0.2) is 44.7 Å². The second kappa shape index (κ2) is 6.32. The van der Waals surface area contributed by atoms with Crippen molar-refractivity contribution in [2.45, 2.75) is 31.8 Å². The lowest BCUT2D eigenvalue weighted by Gasteiger charge is -2.28. The Morgan fingerprint density at radius 3 is 2.86 bits per heavy atom. The quantitative estimate of drug-likeness (QED) is 0.894. The van der Waals surface area contributed by atoms with Crippen molar-refractivity contribution in [1.82, 2.24) is 25.1 Å². The smallest absolute Gasteiger partial charge is 0.170 e. The van der Waals surface area contributed by atoms with Crippen LogP contribution in [0.2, 0.25) is 0 Å². The van der Waals surface area contributed by atoms with E-state index >= 15 is 0 Å². The zero-order valence-electron chi connectivity index (χ0n) is 12.4. The first-order valence-electron chi connectivity index (χ1n) is 7.52. The molecule has 3 rings (SSSR count). The highest BCUT2D eigenvalue weighted by Crippen LogP contribution is 2.29. The highest BCUT2D eigenvalue weighted by atomic mass is 15.5. The molecule has 0 radical (unpaired) electrons. The van der Waals surface area contributed by atoms with E-state index in [1.54, 1.807) is 0 Å². The van der Waals surface area contributed by atoms with Gasteiger partial charge in [0.15, 0.2) is 5.82 Å². The number of para-hydroxylation sites is 1. The highest BCUT2D eigenvalue weighted by molar-refractivity contribution is 5.30. The van der Waals surface area contributed by atoms with E-state index < -0.39 is 0 Å². The number of aromatic nitrogens is 4. The number of nitrogens with zero attached hydrogens (tertiary/aromatic N) is 5. The van der Waals surface area contributed by atoms with Crippen molar-refractivity contribution >= 4 is 0 Å². The van der Waals surface area contributed by atoms with E-state index in [-0.39, 0.29) is 0 Å². The highest BCUT2D eigenvalue weighted by Gasteiger charge is 2.30. The summed E-state index contributed by atoms with van der Waals surface area (Å²) in [6.45, 7) is 1.50. The lowest BCUT2D eigenvalue weighted by atomic mass is 10.0. The van der Waals surface area contributed by atoms with Crippen LogP contribution < -0.4 is 5.73 Å². The number of nitrogens with two attached hydrogens (primary N) is 1. The molecule has 21 heavy (non-hydrogen) atoms. The van der Waals surface area contributed by atoms with Gasteiger partial charge in [-0.2, -0.15) is 4.68 Å². The molecule has 1 aliphatic rings. The molecular formula is C15H22N6. The number of benzene rings is 1. The standard InChI is InChI=1S/C15H22N6/c1-20(14-9-5-6-12(14)10-16)11-15-17-18-19-21(15)13-7-3-2-4-8-13/h2-4,7-8,12,14H,5-6,9-11,16H2,1H3. The fourth-order valence-corrected chi connectivity index (χ4v) is 3.29. The zero-order chi connectivity index (χ0) is 14.7. The minimum atomic E-state index is 0.538. The molecule has 0 amide bonds. The van der Waals surface area contributed by atoms with E-state index in [4.69, 9.17) is 5.73 Å². The Morgan fingerprint density at radius 2 is 2.10 bits per heavy atom. The molecule has 1 aliphatic carbocycles. The summed E-state index contributed by atoms with van der Waals surface area (Å²) in [4.78, 5) is 2.34. The van der Waals surface area contributed by atoms with Gasteiger partial charge in [0, 0.05) is 6.04 Å². The first kappa shape index (κ1) is 14.2. The maximum Gasteiger partial charge on any atom is 0.170 e. The van der Waals surface area contributed by atoms with E-state index in [1.807, 2.05) is 35.0 Å². The molecule has 0 saturated heterocycles. The van der Waals surface area contributed by atoms with Gasteiger partial charge in [0.1, 0.15) is 0 Å². The topological polar surface area (TPSA) is 72.9 Å². The van der Waals surface area contributed by atoms with E-state index in [2.05, 4.69) is 27.5 Å². The average Bonchev–Trinajstić information content (AvgIpc) is 3.16. The summed E-state index contributed by atoms with van der Waals surface area (Å²) in [5.41, 5.74) is 6.88. The predicted molar refractivity (Wildman–Crippen MR) is 80.8 cm³/mol. The summed E-state index contributed by atoms with van der Waals surface area (Å²) in [6, 6.07) is 10.5. The van der Waals surface area contributed by atoms with E-state index in [0.717, 1.165) is 24.6 Å². The Kier molecular flexibility index (Phi) is 4.26. The summed E-state index contributed by atoms with van der Waals surface area (Å²) >= 11 is 0. The summed E-state index contributed by atoms with van der Waals surface area (Å²) in [5, 5.41) is 12.1. The fraction of sp³-hybridized carbons (Fsp3) is 0.533. The van der Waals surface area contributed by atoms with E-state index in [9.17, 15) is 0 Å². The molecule has 0 aliphatic heterocycles. The number of tetrazole rings is 1. The van der Waals surface area contributed by atoms with Crippen LogP contribution in [0.3, 0.4) is 0 Å². The van der Waals surface area contributed by atoms with Gasteiger partial charge in [-0.1, -0.05) is 24.6 Å². The summed E-state index contributed by atoms with van der Waals surface area (Å²) in [7, 11) is 2.14. The van der Waals surface area contributed by atoms with Gasteiger partial charge in [0.25, 0.3) is 0 Å². The molecule has 2 N–H and O–H groups in total. The van der Waals surface area contributed by atoms with E-state index in [1.165, 1.54) is 19.3 Å². The van der Waals surface area contributed by atoms with Crippen molar-refractivity contribution in [3.05, 3.63) is 36.2 Å². The Hall–Kier alpha value is -1.79. The first-order chi connectivity index (χ1) is 10.3. The third-order valence-electron chi connectivity index (χ3n) is 4.41. The molecule has 6 nitrogen and oxygen atoms in total. The lowest BCUT2D eigenvalue weighted by molar-refractivity contribution is 0.187. The molecule has 2 aromatic rings. The first-order valence-corrected chi connectivity index (χ1v) is 7.52. The third kappa shape index (κ3) is 2.96. The molecule has 6 heteroatoms. The average molecular weight is 286 g/mol. The second-order valence-electron chi connectivity index (χ2n) is 5.75. The second-order valence-corrected chi connectivity index (χ2v) is 5.75. The molecule has 2 atom stereocenters. The van der Waals surface area contributed by atoms with Crippen molar-refractivity contribution in [3.63, 3.8) is 0 Å². The lowest BCUT2D eigenvalue weighted by Crippen LogP contribution is -2.37. The van der Waals surface area contributed by atoms with Gasteiger partial charge >= 0.3 is 0 Å². The fourth-order valence-electron chi connectivity index (χ4n) is 3.29. The van der Waals surface area contributed by atoms with E-state index in [0.29, 0.717) is 12.0 Å². The zero-order valence-corrected chi connectivity index (χ0v) is 12.4. The Balaban J connectivity index is 1.75. The van der Waals surface area contributed by atoms with Crippen LogP contribution in [0.15, 0.2) is 30.3 Å². The van der Waals surface area contributed by atoms with Crippen molar-refractivity contribution in [1.29, 1.82) is 0 Å². The normalized spacial score (nSPS) is 22.0. The Morgan fingerprint density at radius 1 is 1.29 bits per heavy atom. The van der Waals surface area contributed by atoms with Crippen LogP contribution in [0.1, 0.15) is 25.1 Å². The number of hydrogen-bond donors (Lipinski definition) is 1. The molecule has 2 unspecified atom stereocenters. The summed E-state index contributed by atoms with van der Waals surface area (Å²) in [5.74, 6) is 1.46. The summed E-state index contributed by atoms with van der Waals surface area (Å²) in [6.07, 6.45) is 3.71. The molecule has 0 bridgehead atoms. The van der Waals surface area contributed by atoms with Crippen LogP contribution in [0, 0.1) is 5.92 Å². The molecule has 1 heterocycles. The van der Waals surface area contributed by atoms with Crippen LogP contribution >= 0.6 is 0 Å². The van der Waals surface area contributed by atoms with Crippen LogP contribution in [-0.2, 0) is 6.54 Å². The Labute approximate surface area is 124 Å². The van der Waals surface area contributed by atoms with Gasteiger partial charge in [-0.3, -0.25) is 4.90 Å². The largest absolute Gasteiger partial charge is 0.330 e. The molecule has 1 saturated carbocycles. The predicted octanol–water partition coefficient (Wildman–Crippen LogP) is 1.22. The van der Waals surface area contributed by atoms with Crippen molar-refractivity contribution in [2.75, 3.05) is 13.6 Å². The summed E-state index contributed by atoms with van der Waals surface area (Å²) < 4.78 is 1.81. The van der Waals surface area contributed by atoms with Gasteiger partial charge in [-0.05, 0) is 54.9 Å². The molecule has 1 aromatic heterocycles. The van der Waals surface area contributed by atoms with Crippen LogP contribution in [0.5, 0.6) is 0 Å². The monoisotopic (exact) mass is 286 g/mol. The van der Waals surface area contributed by atoms with Crippen molar-refractivity contribution in [3.8, 4) is 5.69 Å². The Bertz CT molecular complexity index is 567. The minimum absolute atomic E-state index is 0.538. The number of hydrogen-bond acceptors (Lipinski definition) is 5. The van der Waals surface area contributed by atoms with Gasteiger partial charge in [0.2, 0.25) is 0 Å². The maximum atomic E-state index is 5.88. The molecular weight excluding hydrogens is 264 g/mol.